The van der Waals surface area contributed by atoms with Crippen molar-refractivity contribution in [1.82, 2.24) is 15.0 Å². The number of aryl methyl sites for hydroxylation is 2. The van der Waals surface area contributed by atoms with Crippen molar-refractivity contribution in [3.8, 4) is 0 Å². The number of nitrogens with two attached hydrogens (primary N) is 1. The molecule has 2 N–H and O–H groups in total. The van der Waals surface area contributed by atoms with Gasteiger partial charge >= 0.3 is 0 Å². The summed E-state index contributed by atoms with van der Waals surface area (Å²) in [5.74, 6) is 2.21. The molecule has 2 aromatic heterocycles. The van der Waals surface area contributed by atoms with Gasteiger partial charge in [0.25, 0.3) is 0 Å². The molecule has 0 amide bonds. The van der Waals surface area contributed by atoms with E-state index >= 15 is 0 Å². The van der Waals surface area contributed by atoms with E-state index < -0.39 is 0 Å². The highest BCUT2D eigenvalue weighted by Gasteiger charge is 2.10. The summed E-state index contributed by atoms with van der Waals surface area (Å²) in [5.41, 5.74) is 7.97. The molecule has 0 aliphatic heterocycles. The maximum absolute atomic E-state index is 5.91. The molecule has 0 spiro atoms. The van der Waals surface area contributed by atoms with Gasteiger partial charge in [-0.05, 0) is 32.4 Å². The second kappa shape index (κ2) is 7.02. The maximum atomic E-state index is 5.91. The van der Waals surface area contributed by atoms with Gasteiger partial charge in [-0.3, -0.25) is 4.98 Å². The van der Waals surface area contributed by atoms with E-state index in [0.29, 0.717) is 5.82 Å². The van der Waals surface area contributed by atoms with Crippen molar-refractivity contribution in [3.05, 3.63) is 41.5 Å². The molecular weight excluding hydrogens is 262 g/mol. The molecule has 5 nitrogen and oxygen atoms in total. The summed E-state index contributed by atoms with van der Waals surface area (Å²) in [4.78, 5) is 15.6. The number of rotatable bonds is 6. The number of nitrogens with zero attached hydrogens (tertiary/aromatic N) is 4. The minimum absolute atomic E-state index is 0.527. The Kier molecular flexibility index (Phi) is 5.09. The van der Waals surface area contributed by atoms with Crippen LogP contribution in [0.15, 0.2) is 24.3 Å². The molecule has 0 aliphatic rings. The zero-order valence-electron chi connectivity index (χ0n) is 13.0. The maximum Gasteiger partial charge on any atom is 0.134 e. The van der Waals surface area contributed by atoms with Crippen LogP contribution in [0.1, 0.15) is 37.5 Å². The fourth-order valence-corrected chi connectivity index (χ4v) is 2.24. The SMILES string of the molecule is CCCc1nc(N)cc(N(CC)Cc2cccc(C)n2)n1. The summed E-state index contributed by atoms with van der Waals surface area (Å²) < 4.78 is 0. The van der Waals surface area contributed by atoms with E-state index in [1.807, 2.05) is 31.2 Å². The van der Waals surface area contributed by atoms with Crippen LogP contribution in [0.5, 0.6) is 0 Å². The molecule has 0 fully saturated rings. The Morgan fingerprint density at radius 2 is 1.95 bits per heavy atom. The summed E-state index contributed by atoms with van der Waals surface area (Å²) >= 11 is 0. The third-order valence-corrected chi connectivity index (χ3v) is 3.26. The van der Waals surface area contributed by atoms with Gasteiger partial charge in [0.15, 0.2) is 0 Å². The first kappa shape index (κ1) is 15.2. The molecule has 21 heavy (non-hydrogen) atoms. The predicted octanol–water partition coefficient (Wildman–Crippen LogP) is 2.74. The topological polar surface area (TPSA) is 67.9 Å². The Bertz CT molecular complexity index is 597. The molecule has 2 heterocycles. The molecule has 112 valence electrons. The van der Waals surface area contributed by atoms with Gasteiger partial charge in [0.1, 0.15) is 17.5 Å². The Labute approximate surface area is 126 Å². The van der Waals surface area contributed by atoms with Gasteiger partial charge in [-0.2, -0.15) is 0 Å². The normalized spacial score (nSPS) is 10.6. The highest BCUT2D eigenvalue weighted by atomic mass is 15.2. The smallest absolute Gasteiger partial charge is 0.134 e. The number of nitrogen functional groups attached to an aromatic ring is 1. The van der Waals surface area contributed by atoms with Crippen molar-refractivity contribution < 1.29 is 0 Å². The Morgan fingerprint density at radius 1 is 1.14 bits per heavy atom. The van der Waals surface area contributed by atoms with Crippen LogP contribution in [0.3, 0.4) is 0 Å². The number of aromatic nitrogens is 3. The van der Waals surface area contributed by atoms with Crippen LogP contribution >= 0.6 is 0 Å². The van der Waals surface area contributed by atoms with E-state index in [-0.39, 0.29) is 0 Å². The Balaban J connectivity index is 2.24. The molecule has 0 aliphatic carbocycles. The van der Waals surface area contributed by atoms with Crippen LogP contribution in [0.2, 0.25) is 0 Å². The number of pyridine rings is 1. The van der Waals surface area contributed by atoms with Crippen molar-refractivity contribution in [2.75, 3.05) is 17.2 Å². The van der Waals surface area contributed by atoms with E-state index in [9.17, 15) is 0 Å². The van der Waals surface area contributed by atoms with E-state index in [1.54, 1.807) is 0 Å². The lowest BCUT2D eigenvalue weighted by atomic mass is 10.3. The van der Waals surface area contributed by atoms with Crippen LogP contribution in [0.25, 0.3) is 0 Å². The van der Waals surface area contributed by atoms with E-state index in [4.69, 9.17) is 5.73 Å². The highest BCUT2D eigenvalue weighted by molar-refractivity contribution is 5.47. The molecule has 2 aromatic rings. The minimum atomic E-state index is 0.527. The van der Waals surface area contributed by atoms with Gasteiger partial charge in [0, 0.05) is 24.7 Å². The van der Waals surface area contributed by atoms with Crippen LogP contribution in [0.4, 0.5) is 11.6 Å². The quantitative estimate of drug-likeness (QED) is 0.884. The number of anilines is 2. The minimum Gasteiger partial charge on any atom is -0.384 e. The first-order valence-corrected chi connectivity index (χ1v) is 7.43. The Hall–Kier alpha value is -2.17. The van der Waals surface area contributed by atoms with E-state index in [0.717, 1.165) is 49.0 Å². The van der Waals surface area contributed by atoms with Gasteiger partial charge < -0.3 is 10.6 Å². The molecule has 2 rings (SSSR count). The number of hydrogen-bond acceptors (Lipinski definition) is 5. The highest BCUT2D eigenvalue weighted by Crippen LogP contribution is 2.17. The van der Waals surface area contributed by atoms with Gasteiger partial charge in [0.2, 0.25) is 0 Å². The molecule has 0 aromatic carbocycles. The van der Waals surface area contributed by atoms with Crippen LogP contribution < -0.4 is 10.6 Å². The first-order valence-electron chi connectivity index (χ1n) is 7.43. The average Bonchev–Trinajstić information content (AvgIpc) is 2.44. The lowest BCUT2D eigenvalue weighted by molar-refractivity contribution is 0.768. The molecule has 0 atom stereocenters. The fraction of sp³-hybridized carbons (Fsp3) is 0.438. The predicted molar refractivity (Wildman–Crippen MR) is 86.1 cm³/mol. The van der Waals surface area contributed by atoms with Crippen molar-refractivity contribution >= 4 is 11.6 Å². The monoisotopic (exact) mass is 285 g/mol. The van der Waals surface area contributed by atoms with Gasteiger partial charge in [-0.1, -0.05) is 13.0 Å². The second-order valence-corrected chi connectivity index (χ2v) is 5.10. The van der Waals surface area contributed by atoms with Crippen molar-refractivity contribution in [3.63, 3.8) is 0 Å². The van der Waals surface area contributed by atoms with Gasteiger partial charge in [-0.25, -0.2) is 9.97 Å². The lowest BCUT2D eigenvalue weighted by Crippen LogP contribution is -2.24. The third kappa shape index (κ3) is 4.15. The van der Waals surface area contributed by atoms with E-state index in [1.165, 1.54) is 0 Å². The summed E-state index contributed by atoms with van der Waals surface area (Å²) in [6.45, 7) is 7.79. The fourth-order valence-electron chi connectivity index (χ4n) is 2.24. The van der Waals surface area contributed by atoms with Crippen molar-refractivity contribution in [2.24, 2.45) is 0 Å². The van der Waals surface area contributed by atoms with Crippen LogP contribution in [-0.4, -0.2) is 21.5 Å². The second-order valence-electron chi connectivity index (χ2n) is 5.10. The Morgan fingerprint density at radius 3 is 2.62 bits per heavy atom. The van der Waals surface area contributed by atoms with Crippen LogP contribution in [0, 0.1) is 6.92 Å². The third-order valence-electron chi connectivity index (χ3n) is 3.26. The molecule has 0 saturated heterocycles. The average molecular weight is 285 g/mol. The molecule has 0 bridgehead atoms. The van der Waals surface area contributed by atoms with Crippen molar-refractivity contribution in [2.45, 2.75) is 40.2 Å². The number of hydrogen-bond donors (Lipinski definition) is 1. The van der Waals surface area contributed by atoms with E-state index in [2.05, 4.69) is 33.7 Å². The molecule has 5 heteroatoms. The van der Waals surface area contributed by atoms with Gasteiger partial charge in [-0.15, -0.1) is 0 Å². The zero-order chi connectivity index (χ0) is 15.2. The summed E-state index contributed by atoms with van der Waals surface area (Å²) in [5, 5.41) is 0. The first-order chi connectivity index (χ1) is 10.1. The summed E-state index contributed by atoms with van der Waals surface area (Å²) in [6, 6.07) is 7.90. The largest absolute Gasteiger partial charge is 0.384 e. The van der Waals surface area contributed by atoms with Crippen molar-refractivity contribution in [1.29, 1.82) is 0 Å². The summed E-state index contributed by atoms with van der Waals surface area (Å²) in [6.07, 6.45) is 1.85. The van der Waals surface area contributed by atoms with Gasteiger partial charge in [0.05, 0.1) is 12.2 Å². The standard InChI is InChI=1S/C16H23N5/c1-4-7-15-19-14(17)10-16(20-15)21(5-2)11-13-9-6-8-12(3)18-13/h6,8-10H,4-5,7,11H2,1-3H3,(H2,17,19,20). The summed E-state index contributed by atoms with van der Waals surface area (Å²) in [7, 11) is 0. The molecule has 0 radical (unpaired) electrons. The zero-order valence-corrected chi connectivity index (χ0v) is 13.0. The van der Waals surface area contributed by atoms with Crippen LogP contribution in [-0.2, 0) is 13.0 Å². The molecule has 0 saturated carbocycles. The lowest BCUT2D eigenvalue weighted by Gasteiger charge is -2.22. The molecule has 0 unspecified atom stereocenters. The molecular formula is C16H23N5.